The van der Waals surface area contributed by atoms with Gasteiger partial charge in [-0.15, -0.1) is 0 Å². The summed E-state index contributed by atoms with van der Waals surface area (Å²) in [5.74, 6) is -0.909. The fourth-order valence-corrected chi connectivity index (χ4v) is 6.75. The highest BCUT2D eigenvalue weighted by atomic mass is 79.9. The molecule has 4 aromatic heterocycles. The van der Waals surface area contributed by atoms with E-state index in [0.29, 0.717) is 44.0 Å². The molecule has 0 aliphatic carbocycles. The number of alkyl halides is 1. The summed E-state index contributed by atoms with van der Waals surface area (Å²) in [4.78, 5) is 50.7. The third kappa shape index (κ3) is 9.00. The lowest BCUT2D eigenvalue weighted by Crippen LogP contribution is -2.28. The number of aromatic amines is 1. The van der Waals surface area contributed by atoms with Gasteiger partial charge in [0.1, 0.15) is 27.1 Å². The van der Waals surface area contributed by atoms with E-state index in [1.54, 1.807) is 67.0 Å². The van der Waals surface area contributed by atoms with Gasteiger partial charge < -0.3 is 23.9 Å². The molecule has 0 spiro atoms. The number of rotatable bonds is 5. The van der Waals surface area contributed by atoms with E-state index in [-0.39, 0.29) is 17.1 Å². The number of H-pyrrole nitrogens is 1. The first-order chi connectivity index (χ1) is 25.1. The Morgan fingerprint density at radius 2 is 1.37 bits per heavy atom. The molecule has 0 aliphatic rings. The third-order valence-corrected chi connectivity index (χ3v) is 8.73. The molecule has 0 fully saturated rings. The van der Waals surface area contributed by atoms with Gasteiger partial charge >= 0.3 is 18.0 Å². The van der Waals surface area contributed by atoms with Gasteiger partial charge in [0.2, 0.25) is 0 Å². The lowest BCUT2D eigenvalue weighted by molar-refractivity contribution is 0.00565. The molecule has 0 radical (unpaired) electrons. The molecule has 2 aromatic carbocycles. The molecule has 1 N–H and O–H groups in total. The van der Waals surface area contributed by atoms with Crippen molar-refractivity contribution in [2.75, 3.05) is 7.11 Å². The van der Waals surface area contributed by atoms with Crippen LogP contribution in [0.1, 0.15) is 94.4 Å². The van der Waals surface area contributed by atoms with Crippen LogP contribution in [-0.2, 0) is 30.9 Å². The maximum absolute atomic E-state index is 13.2. The molecule has 0 unspecified atom stereocenters. The van der Waals surface area contributed by atoms with E-state index < -0.39 is 34.8 Å². The second-order valence-electron chi connectivity index (χ2n) is 15.6. The molecule has 6 aromatic rings. The molecule has 11 nitrogen and oxygen atoms in total. The Kier molecular flexibility index (Phi) is 11.7. The summed E-state index contributed by atoms with van der Waals surface area (Å²) in [6.07, 6.45) is 2.86. The highest BCUT2D eigenvalue weighted by Crippen LogP contribution is 2.36. The lowest BCUT2D eigenvalue weighted by atomic mass is 10.1. The highest BCUT2D eigenvalue weighted by Gasteiger charge is 2.32. The summed E-state index contributed by atoms with van der Waals surface area (Å²) in [5.41, 5.74) is 1.05. The van der Waals surface area contributed by atoms with E-state index in [9.17, 15) is 14.4 Å². The standard InChI is InChI=1S/C22H24BrClN2O4.C18H19ClN2O3/c1-21(2,3)29-19(27)17-13-8-7-12-11-25-16(24)9-14(12)18(13)26(15(17)10-23)20(28)30-22(4,5)6;1-18(2,3)24-17(22)15-11-6-5-10-8-20-14(19)7-12(10)16(11)21-13(15)9-23-4/h7-9,11H,10H2,1-6H3;5-8,20H,9H2,1-4H3. The number of ether oxygens (including phenoxy) is 4. The van der Waals surface area contributed by atoms with Crippen LogP contribution < -0.4 is 0 Å². The predicted octanol–water partition coefficient (Wildman–Crippen LogP) is 10.9. The molecule has 0 atom stereocenters. The molecule has 14 heteroatoms. The number of methoxy groups -OCH3 is 1. The topological polar surface area (TPSA) is 135 Å². The number of nitrogens with zero attached hydrogens (tertiary/aromatic N) is 3. The van der Waals surface area contributed by atoms with Crippen LogP contribution in [0.3, 0.4) is 0 Å². The third-order valence-electron chi connectivity index (χ3n) is 7.77. The van der Waals surface area contributed by atoms with Crippen molar-refractivity contribution >= 4 is 101 Å². The van der Waals surface area contributed by atoms with Crippen molar-refractivity contribution in [3.63, 3.8) is 0 Å². The molecule has 0 bridgehead atoms. The molecular formula is C40H43BrCl2N4O7. The molecule has 0 amide bonds. The number of carbonyl (C=O) groups excluding carboxylic acids is 3. The van der Waals surface area contributed by atoms with Gasteiger partial charge in [-0.05, 0) is 74.4 Å². The summed E-state index contributed by atoms with van der Waals surface area (Å²) >= 11 is 15.7. The minimum Gasteiger partial charge on any atom is -0.456 e. The Morgan fingerprint density at radius 3 is 1.96 bits per heavy atom. The van der Waals surface area contributed by atoms with E-state index >= 15 is 0 Å². The van der Waals surface area contributed by atoms with Crippen molar-refractivity contribution in [1.82, 2.24) is 19.5 Å². The zero-order chi connectivity index (χ0) is 39.9. The van der Waals surface area contributed by atoms with Crippen molar-refractivity contribution in [2.45, 2.75) is 91.1 Å². The Balaban J connectivity index is 0.000000213. The fraction of sp³-hybridized carbons (Fsp3) is 0.375. The van der Waals surface area contributed by atoms with Crippen molar-refractivity contribution < 1.29 is 33.3 Å². The minimum absolute atomic E-state index is 0.234. The van der Waals surface area contributed by atoms with Gasteiger partial charge in [-0.2, -0.15) is 0 Å². The molecule has 6 rings (SSSR count). The van der Waals surface area contributed by atoms with Crippen LogP contribution in [-0.4, -0.2) is 61.5 Å². The van der Waals surface area contributed by atoms with Crippen LogP contribution in [0.25, 0.3) is 43.4 Å². The van der Waals surface area contributed by atoms with Crippen LogP contribution in [0.2, 0.25) is 10.3 Å². The Labute approximate surface area is 331 Å². The maximum Gasteiger partial charge on any atom is 0.419 e. The van der Waals surface area contributed by atoms with Gasteiger partial charge in [0.05, 0.1) is 40.2 Å². The average Bonchev–Trinajstić information content (AvgIpc) is 3.59. The second-order valence-corrected chi connectivity index (χ2v) is 16.9. The van der Waals surface area contributed by atoms with Gasteiger partial charge in [0.25, 0.3) is 0 Å². The summed E-state index contributed by atoms with van der Waals surface area (Å²) < 4.78 is 23.5. The summed E-state index contributed by atoms with van der Waals surface area (Å²) in [7, 11) is 1.57. The van der Waals surface area contributed by atoms with Crippen LogP contribution in [0.5, 0.6) is 0 Å². The number of pyridine rings is 2. The summed E-state index contributed by atoms with van der Waals surface area (Å²) in [6.45, 7) is 16.5. The first-order valence-electron chi connectivity index (χ1n) is 17.1. The molecule has 0 saturated heterocycles. The maximum atomic E-state index is 13.2. The number of hydrogen-bond donors (Lipinski definition) is 1. The molecule has 0 aliphatic heterocycles. The Hall–Kier alpha value is -4.23. The van der Waals surface area contributed by atoms with E-state index in [4.69, 9.17) is 42.1 Å². The number of hydrogen-bond acceptors (Lipinski definition) is 9. The number of benzene rings is 2. The van der Waals surface area contributed by atoms with Gasteiger partial charge in [-0.25, -0.2) is 28.9 Å². The summed E-state index contributed by atoms with van der Waals surface area (Å²) in [6, 6.07) is 10.9. The van der Waals surface area contributed by atoms with Crippen molar-refractivity contribution in [2.24, 2.45) is 0 Å². The van der Waals surface area contributed by atoms with E-state index in [2.05, 4.69) is 30.9 Å². The average molecular weight is 843 g/mol. The number of fused-ring (bicyclic) bond motifs is 6. The second kappa shape index (κ2) is 15.5. The van der Waals surface area contributed by atoms with E-state index in [1.165, 1.54) is 4.57 Å². The molecule has 4 heterocycles. The van der Waals surface area contributed by atoms with Crippen molar-refractivity contribution in [1.29, 1.82) is 0 Å². The molecule has 286 valence electrons. The molecule has 54 heavy (non-hydrogen) atoms. The molecule has 0 saturated carbocycles. The van der Waals surface area contributed by atoms with Crippen LogP contribution in [0.4, 0.5) is 4.79 Å². The molecular weight excluding hydrogens is 799 g/mol. The van der Waals surface area contributed by atoms with Gasteiger partial charge in [-0.3, -0.25) is 0 Å². The smallest absolute Gasteiger partial charge is 0.419 e. The van der Waals surface area contributed by atoms with Gasteiger partial charge in [0, 0.05) is 57.2 Å². The number of esters is 2. The van der Waals surface area contributed by atoms with Crippen LogP contribution >= 0.6 is 39.1 Å². The Morgan fingerprint density at radius 1 is 0.778 bits per heavy atom. The Bertz CT molecular complexity index is 2420. The fourth-order valence-electron chi connectivity index (χ4n) is 5.90. The lowest BCUT2D eigenvalue weighted by Gasteiger charge is -2.21. The monoisotopic (exact) mass is 840 g/mol. The van der Waals surface area contributed by atoms with Gasteiger partial charge in [-0.1, -0.05) is 63.4 Å². The van der Waals surface area contributed by atoms with Crippen LogP contribution in [0, 0.1) is 0 Å². The zero-order valence-electron chi connectivity index (χ0n) is 31.9. The number of halogens is 3. The SMILES string of the molecule is CC(C)(C)OC(=O)c1c(CBr)n(C(=O)OC(C)(C)C)c2c1ccc1cnc(Cl)cc12.COCc1nc2c(ccc3c[nH]c(Cl)cc32)c1C(=O)OC(C)(C)C. The normalized spacial score (nSPS) is 12.2. The predicted molar refractivity (Wildman–Crippen MR) is 216 cm³/mol. The van der Waals surface area contributed by atoms with Crippen LogP contribution in [0.15, 0.2) is 48.8 Å². The first-order valence-corrected chi connectivity index (χ1v) is 19.0. The highest BCUT2D eigenvalue weighted by molar-refractivity contribution is 9.08. The number of nitrogens with one attached hydrogen (secondary N) is 1. The summed E-state index contributed by atoms with van der Waals surface area (Å²) in [5, 5.41) is 5.67. The van der Waals surface area contributed by atoms with E-state index in [1.807, 2.05) is 51.2 Å². The number of aromatic nitrogens is 4. The van der Waals surface area contributed by atoms with Gasteiger partial charge in [0.15, 0.2) is 0 Å². The quantitative estimate of drug-likeness (QED) is 0.0779. The van der Waals surface area contributed by atoms with Crippen molar-refractivity contribution in [3.8, 4) is 0 Å². The van der Waals surface area contributed by atoms with E-state index in [0.717, 1.165) is 27.1 Å². The largest absolute Gasteiger partial charge is 0.456 e. The minimum atomic E-state index is -0.715. The number of carbonyl (C=O) groups is 3. The zero-order valence-corrected chi connectivity index (χ0v) is 35.0. The first kappa shape index (κ1) is 40.9. The van der Waals surface area contributed by atoms with Crippen molar-refractivity contribution in [3.05, 3.63) is 81.6 Å².